The summed E-state index contributed by atoms with van der Waals surface area (Å²) in [5, 5.41) is 10.8. The molecule has 2 heterocycles. The third kappa shape index (κ3) is 3.89. The molecule has 0 unspecified atom stereocenters. The zero-order valence-corrected chi connectivity index (χ0v) is 9.96. The van der Waals surface area contributed by atoms with Gasteiger partial charge in [0.1, 0.15) is 6.10 Å². The first-order valence-corrected chi connectivity index (χ1v) is 5.90. The highest BCUT2D eigenvalue weighted by Gasteiger charge is 2.15. The van der Waals surface area contributed by atoms with Gasteiger partial charge in [-0.3, -0.25) is 0 Å². The van der Waals surface area contributed by atoms with Crippen molar-refractivity contribution in [2.75, 3.05) is 13.2 Å². The first-order valence-electron chi connectivity index (χ1n) is 5.90. The van der Waals surface area contributed by atoms with Crippen molar-refractivity contribution in [3.63, 3.8) is 0 Å². The molecule has 2 N–H and O–H groups in total. The van der Waals surface area contributed by atoms with E-state index in [1.807, 2.05) is 0 Å². The van der Waals surface area contributed by atoms with Crippen LogP contribution in [-0.2, 0) is 11.3 Å². The van der Waals surface area contributed by atoms with Crippen LogP contribution >= 0.6 is 0 Å². The molecule has 1 aromatic heterocycles. The minimum Gasteiger partial charge on any atom is -0.474 e. The molecular weight excluding hydrogens is 236 g/mol. The highest BCUT2D eigenvalue weighted by atomic mass is 16.5. The number of hydrogen-bond acceptors (Lipinski definition) is 4. The number of nitrogens with zero attached hydrogens (tertiary/aromatic N) is 1. The molecule has 1 saturated heterocycles. The van der Waals surface area contributed by atoms with E-state index in [9.17, 15) is 4.79 Å². The number of carbonyl (C=O) groups is 1. The molecule has 0 saturated carbocycles. The molecule has 2 rings (SSSR count). The van der Waals surface area contributed by atoms with Crippen LogP contribution in [0, 0.1) is 0 Å². The fourth-order valence-electron chi connectivity index (χ4n) is 1.73. The predicted molar refractivity (Wildman–Crippen MR) is 63.6 cm³/mol. The standard InChI is InChI=1S/C12H16N2O4/c15-12(16)14-8-9-1-2-11(13-7-9)18-10-3-5-17-6-4-10/h1-2,7,10,14H,3-6,8H2,(H,15,16). The summed E-state index contributed by atoms with van der Waals surface area (Å²) >= 11 is 0. The summed E-state index contributed by atoms with van der Waals surface area (Å²) in [6.07, 6.45) is 2.49. The molecule has 1 fully saturated rings. The number of pyridine rings is 1. The van der Waals surface area contributed by atoms with E-state index in [0.717, 1.165) is 31.6 Å². The molecule has 0 radical (unpaired) electrons. The largest absolute Gasteiger partial charge is 0.474 e. The molecule has 0 aromatic carbocycles. The van der Waals surface area contributed by atoms with E-state index >= 15 is 0 Å². The third-order valence-electron chi connectivity index (χ3n) is 2.70. The van der Waals surface area contributed by atoms with Gasteiger partial charge in [-0.2, -0.15) is 0 Å². The van der Waals surface area contributed by atoms with Gasteiger partial charge < -0.3 is 19.9 Å². The van der Waals surface area contributed by atoms with Crippen molar-refractivity contribution in [2.24, 2.45) is 0 Å². The molecule has 98 valence electrons. The van der Waals surface area contributed by atoms with Gasteiger partial charge in [0.2, 0.25) is 5.88 Å². The van der Waals surface area contributed by atoms with Gasteiger partial charge in [-0.1, -0.05) is 6.07 Å². The molecule has 6 nitrogen and oxygen atoms in total. The number of amides is 1. The Hall–Kier alpha value is -1.82. The van der Waals surface area contributed by atoms with Crippen LogP contribution in [0.2, 0.25) is 0 Å². The van der Waals surface area contributed by atoms with E-state index in [0.29, 0.717) is 5.88 Å². The smallest absolute Gasteiger partial charge is 0.404 e. The van der Waals surface area contributed by atoms with E-state index in [4.69, 9.17) is 14.6 Å². The molecule has 0 spiro atoms. The first-order chi connectivity index (χ1) is 8.74. The second-order valence-corrected chi connectivity index (χ2v) is 4.09. The number of ether oxygens (including phenoxy) is 2. The number of nitrogens with one attached hydrogen (secondary N) is 1. The number of carboxylic acid groups (broad SMARTS) is 1. The van der Waals surface area contributed by atoms with Crippen molar-refractivity contribution in [3.05, 3.63) is 23.9 Å². The van der Waals surface area contributed by atoms with Crippen molar-refractivity contribution >= 4 is 6.09 Å². The van der Waals surface area contributed by atoms with Crippen LogP contribution in [0.4, 0.5) is 4.79 Å². The Morgan fingerprint density at radius 1 is 1.50 bits per heavy atom. The summed E-state index contributed by atoms with van der Waals surface area (Å²) in [6.45, 7) is 1.70. The Balaban J connectivity index is 1.84. The maximum absolute atomic E-state index is 10.3. The minimum absolute atomic E-state index is 0.161. The fourth-order valence-corrected chi connectivity index (χ4v) is 1.73. The van der Waals surface area contributed by atoms with Gasteiger partial charge in [-0.05, 0) is 5.56 Å². The lowest BCUT2D eigenvalue weighted by molar-refractivity contribution is 0.0237. The Bertz CT molecular complexity index is 388. The molecule has 1 aromatic rings. The average molecular weight is 252 g/mol. The molecule has 0 atom stereocenters. The SMILES string of the molecule is O=C(O)NCc1ccc(OC2CCOCC2)nc1. The van der Waals surface area contributed by atoms with Gasteiger partial charge in [0.05, 0.1) is 13.2 Å². The molecule has 1 amide bonds. The maximum atomic E-state index is 10.3. The van der Waals surface area contributed by atoms with Crippen molar-refractivity contribution in [3.8, 4) is 5.88 Å². The summed E-state index contributed by atoms with van der Waals surface area (Å²) in [5.41, 5.74) is 0.803. The van der Waals surface area contributed by atoms with Crippen LogP contribution in [0.25, 0.3) is 0 Å². The van der Waals surface area contributed by atoms with Crippen molar-refractivity contribution in [1.82, 2.24) is 10.3 Å². The van der Waals surface area contributed by atoms with Crippen LogP contribution in [-0.4, -0.2) is 35.5 Å². The second-order valence-electron chi connectivity index (χ2n) is 4.09. The van der Waals surface area contributed by atoms with Gasteiger partial charge in [0.25, 0.3) is 0 Å². The minimum atomic E-state index is -1.04. The van der Waals surface area contributed by atoms with E-state index in [2.05, 4.69) is 10.3 Å². The molecule has 0 bridgehead atoms. The van der Waals surface area contributed by atoms with Crippen LogP contribution in [0.5, 0.6) is 5.88 Å². The van der Waals surface area contributed by atoms with Crippen molar-refractivity contribution in [2.45, 2.75) is 25.5 Å². The van der Waals surface area contributed by atoms with E-state index in [-0.39, 0.29) is 12.6 Å². The fraction of sp³-hybridized carbons (Fsp3) is 0.500. The zero-order chi connectivity index (χ0) is 12.8. The van der Waals surface area contributed by atoms with Crippen LogP contribution < -0.4 is 10.1 Å². The zero-order valence-electron chi connectivity index (χ0n) is 9.96. The Kier molecular flexibility index (Phi) is 4.35. The van der Waals surface area contributed by atoms with Gasteiger partial charge in [0, 0.05) is 31.6 Å². The quantitative estimate of drug-likeness (QED) is 0.846. The lowest BCUT2D eigenvalue weighted by Gasteiger charge is -2.22. The number of aromatic nitrogens is 1. The summed E-state index contributed by atoms with van der Waals surface area (Å²) in [4.78, 5) is 14.5. The van der Waals surface area contributed by atoms with Gasteiger partial charge in [-0.25, -0.2) is 9.78 Å². The summed E-state index contributed by atoms with van der Waals surface area (Å²) in [5.74, 6) is 0.570. The lowest BCUT2D eigenvalue weighted by Crippen LogP contribution is -2.26. The van der Waals surface area contributed by atoms with Crippen LogP contribution in [0.1, 0.15) is 18.4 Å². The van der Waals surface area contributed by atoms with E-state index < -0.39 is 6.09 Å². The third-order valence-corrected chi connectivity index (χ3v) is 2.70. The number of rotatable bonds is 4. The molecule has 1 aliphatic heterocycles. The summed E-state index contributed by atoms with van der Waals surface area (Å²) in [6, 6.07) is 3.56. The molecule has 1 aliphatic rings. The van der Waals surface area contributed by atoms with E-state index in [1.165, 1.54) is 0 Å². The average Bonchev–Trinajstić information content (AvgIpc) is 2.39. The van der Waals surface area contributed by atoms with Gasteiger partial charge in [0.15, 0.2) is 0 Å². The van der Waals surface area contributed by atoms with Crippen LogP contribution in [0.15, 0.2) is 18.3 Å². The second kappa shape index (κ2) is 6.20. The van der Waals surface area contributed by atoms with Crippen molar-refractivity contribution < 1.29 is 19.4 Å². The van der Waals surface area contributed by atoms with Gasteiger partial charge >= 0.3 is 6.09 Å². The monoisotopic (exact) mass is 252 g/mol. The Morgan fingerprint density at radius 3 is 2.89 bits per heavy atom. The topological polar surface area (TPSA) is 80.7 Å². The lowest BCUT2D eigenvalue weighted by atomic mass is 10.1. The van der Waals surface area contributed by atoms with Gasteiger partial charge in [-0.15, -0.1) is 0 Å². The van der Waals surface area contributed by atoms with Crippen LogP contribution in [0.3, 0.4) is 0 Å². The Labute approximate surface area is 105 Å². The highest BCUT2D eigenvalue weighted by molar-refractivity contribution is 5.64. The summed E-state index contributed by atoms with van der Waals surface area (Å²) in [7, 11) is 0. The highest BCUT2D eigenvalue weighted by Crippen LogP contribution is 2.15. The Morgan fingerprint density at radius 2 is 2.28 bits per heavy atom. The maximum Gasteiger partial charge on any atom is 0.404 e. The van der Waals surface area contributed by atoms with E-state index in [1.54, 1.807) is 18.3 Å². The molecule has 0 aliphatic carbocycles. The molecular formula is C12H16N2O4. The first kappa shape index (κ1) is 12.6. The molecule has 18 heavy (non-hydrogen) atoms. The molecule has 6 heteroatoms. The summed E-state index contributed by atoms with van der Waals surface area (Å²) < 4.78 is 11.0. The normalized spacial score (nSPS) is 16.2. The predicted octanol–water partition coefficient (Wildman–Crippen LogP) is 1.41. The van der Waals surface area contributed by atoms with Crippen molar-refractivity contribution in [1.29, 1.82) is 0 Å². The number of hydrogen-bond donors (Lipinski definition) is 2.